The highest BCUT2D eigenvalue weighted by atomic mass is 16.5. The van der Waals surface area contributed by atoms with Crippen LogP contribution in [0.2, 0.25) is 0 Å². The van der Waals surface area contributed by atoms with E-state index in [2.05, 4.69) is 22.2 Å². The molecule has 2 heterocycles. The van der Waals surface area contributed by atoms with Crippen LogP contribution in [0.3, 0.4) is 0 Å². The van der Waals surface area contributed by atoms with Crippen molar-refractivity contribution in [3.63, 3.8) is 0 Å². The highest BCUT2D eigenvalue weighted by Crippen LogP contribution is 2.31. The number of benzene rings is 1. The van der Waals surface area contributed by atoms with Crippen LogP contribution in [0.4, 0.5) is 11.8 Å². The molecule has 1 saturated carbocycles. The molecule has 2 aliphatic rings. The van der Waals surface area contributed by atoms with Crippen LogP contribution >= 0.6 is 0 Å². The average molecular weight is 425 g/mol. The zero-order valence-electron chi connectivity index (χ0n) is 18.5. The summed E-state index contributed by atoms with van der Waals surface area (Å²) >= 11 is 0. The molecule has 7 nitrogen and oxygen atoms in total. The Kier molecular flexibility index (Phi) is 6.89. The molecular formula is C24H32N4O3. The molecule has 2 aromatic rings. The Labute approximate surface area is 184 Å². The van der Waals surface area contributed by atoms with Gasteiger partial charge in [-0.3, -0.25) is 9.69 Å². The van der Waals surface area contributed by atoms with Crippen molar-refractivity contribution in [2.45, 2.75) is 58.4 Å². The van der Waals surface area contributed by atoms with Crippen LogP contribution in [0.1, 0.15) is 62.7 Å². The Bertz CT molecular complexity index is 898. The van der Waals surface area contributed by atoms with Crippen molar-refractivity contribution in [1.82, 2.24) is 9.97 Å². The van der Waals surface area contributed by atoms with Gasteiger partial charge in [-0.25, -0.2) is 4.98 Å². The van der Waals surface area contributed by atoms with E-state index >= 15 is 0 Å². The highest BCUT2D eigenvalue weighted by molar-refractivity contribution is 6.06. The minimum Gasteiger partial charge on any atom is -0.490 e. The van der Waals surface area contributed by atoms with E-state index < -0.39 is 0 Å². The number of nitrogens with one attached hydrogen (secondary N) is 1. The predicted molar refractivity (Wildman–Crippen MR) is 121 cm³/mol. The normalized spacial score (nSPS) is 17.5. The summed E-state index contributed by atoms with van der Waals surface area (Å²) in [5, 5.41) is 3.46. The number of carbonyl (C=O) groups excluding carboxylic acids is 1. The molecule has 0 unspecified atom stereocenters. The van der Waals surface area contributed by atoms with Crippen LogP contribution in [0.5, 0.6) is 11.5 Å². The Morgan fingerprint density at radius 2 is 1.90 bits per heavy atom. The van der Waals surface area contributed by atoms with Gasteiger partial charge in [0.1, 0.15) is 5.82 Å². The van der Waals surface area contributed by atoms with Crippen molar-refractivity contribution >= 4 is 17.7 Å². The number of hydrogen-bond acceptors (Lipinski definition) is 6. The van der Waals surface area contributed by atoms with E-state index in [0.717, 1.165) is 6.42 Å². The quantitative estimate of drug-likeness (QED) is 0.725. The number of anilines is 2. The lowest BCUT2D eigenvalue weighted by Crippen LogP contribution is -2.32. The minimum atomic E-state index is -0.122. The number of carbonyl (C=O) groups is 1. The molecule has 0 bridgehead atoms. The van der Waals surface area contributed by atoms with Gasteiger partial charge in [-0.15, -0.1) is 0 Å². The van der Waals surface area contributed by atoms with Gasteiger partial charge in [-0.2, -0.15) is 4.98 Å². The Morgan fingerprint density at radius 3 is 2.68 bits per heavy atom. The third kappa shape index (κ3) is 5.09. The van der Waals surface area contributed by atoms with E-state index in [0.29, 0.717) is 60.5 Å². The van der Waals surface area contributed by atoms with Crippen molar-refractivity contribution in [2.24, 2.45) is 5.92 Å². The number of hydrogen-bond donors (Lipinski definition) is 1. The minimum absolute atomic E-state index is 0.122. The number of rotatable bonds is 6. The standard InChI is InChI=1S/C24H32N4O3/c1-3-28(23(29)19-10-11-20-21(16-19)31-15-7-14-30-20)22-12-13-25-24(27-22)26-17(2)18-8-5-4-6-9-18/h10-13,16-18H,3-9,14-15H2,1-2H3,(H,25,26,27)/t17-/m0/s1. The van der Waals surface area contributed by atoms with Gasteiger partial charge in [-0.05, 0) is 56.9 Å². The van der Waals surface area contributed by atoms with E-state index in [-0.39, 0.29) is 5.91 Å². The first kappa shape index (κ1) is 21.4. The maximum absolute atomic E-state index is 13.3. The van der Waals surface area contributed by atoms with Gasteiger partial charge in [0.05, 0.1) is 13.2 Å². The number of aromatic nitrogens is 2. The fraction of sp³-hybridized carbons (Fsp3) is 0.542. The fourth-order valence-corrected chi connectivity index (χ4v) is 4.39. The lowest BCUT2D eigenvalue weighted by molar-refractivity contribution is 0.0987. The zero-order chi connectivity index (χ0) is 21.6. The number of fused-ring (bicyclic) bond motifs is 1. The van der Waals surface area contributed by atoms with Gasteiger partial charge in [0.15, 0.2) is 11.5 Å². The summed E-state index contributed by atoms with van der Waals surface area (Å²) in [4.78, 5) is 24.0. The van der Waals surface area contributed by atoms with Crippen LogP contribution in [0, 0.1) is 5.92 Å². The molecule has 1 aliphatic heterocycles. The van der Waals surface area contributed by atoms with Gasteiger partial charge in [0.2, 0.25) is 5.95 Å². The zero-order valence-corrected chi connectivity index (χ0v) is 18.5. The van der Waals surface area contributed by atoms with Crippen LogP contribution < -0.4 is 19.7 Å². The van der Waals surface area contributed by atoms with Gasteiger partial charge in [0, 0.05) is 30.8 Å². The van der Waals surface area contributed by atoms with Gasteiger partial charge in [-0.1, -0.05) is 19.3 Å². The highest BCUT2D eigenvalue weighted by Gasteiger charge is 2.23. The van der Waals surface area contributed by atoms with Crippen molar-refractivity contribution in [2.75, 3.05) is 30.0 Å². The summed E-state index contributed by atoms with van der Waals surface area (Å²) in [5.74, 6) is 2.98. The maximum Gasteiger partial charge on any atom is 0.259 e. The molecule has 1 N–H and O–H groups in total. The van der Waals surface area contributed by atoms with Crippen molar-refractivity contribution in [1.29, 1.82) is 0 Å². The van der Waals surface area contributed by atoms with Crippen molar-refractivity contribution in [3.05, 3.63) is 36.0 Å². The first-order valence-electron chi connectivity index (χ1n) is 11.5. The van der Waals surface area contributed by atoms with E-state index in [1.807, 2.05) is 6.92 Å². The molecule has 0 spiro atoms. The van der Waals surface area contributed by atoms with E-state index in [1.165, 1.54) is 32.1 Å². The number of ether oxygens (including phenoxy) is 2. The summed E-state index contributed by atoms with van der Waals surface area (Å²) < 4.78 is 11.4. The summed E-state index contributed by atoms with van der Waals surface area (Å²) in [5.41, 5.74) is 0.551. The summed E-state index contributed by atoms with van der Waals surface area (Å²) in [6, 6.07) is 7.44. The van der Waals surface area contributed by atoms with Gasteiger partial charge in [0.25, 0.3) is 5.91 Å². The maximum atomic E-state index is 13.3. The third-order valence-electron chi connectivity index (χ3n) is 6.19. The smallest absolute Gasteiger partial charge is 0.259 e. The SMILES string of the molecule is CCN(C(=O)c1ccc2c(c1)OCCCO2)c1ccnc(N[C@@H](C)C2CCCCC2)n1. The van der Waals surface area contributed by atoms with Crippen LogP contribution in [0.25, 0.3) is 0 Å². The molecule has 1 aromatic carbocycles. The molecule has 31 heavy (non-hydrogen) atoms. The lowest BCUT2D eigenvalue weighted by atomic mass is 9.85. The second kappa shape index (κ2) is 9.98. The Morgan fingerprint density at radius 1 is 1.13 bits per heavy atom. The van der Waals surface area contributed by atoms with E-state index in [4.69, 9.17) is 9.47 Å². The Hall–Kier alpha value is -2.83. The molecule has 7 heteroatoms. The molecule has 1 atom stereocenters. The molecule has 0 radical (unpaired) electrons. The van der Waals surface area contributed by atoms with Crippen LogP contribution in [-0.4, -0.2) is 41.7 Å². The molecular weight excluding hydrogens is 392 g/mol. The van der Waals surface area contributed by atoms with Crippen LogP contribution in [0.15, 0.2) is 30.5 Å². The molecule has 1 fully saturated rings. The topological polar surface area (TPSA) is 76.6 Å². The monoisotopic (exact) mass is 424 g/mol. The van der Waals surface area contributed by atoms with E-state index in [9.17, 15) is 4.79 Å². The largest absolute Gasteiger partial charge is 0.490 e. The number of amides is 1. The first-order chi connectivity index (χ1) is 15.2. The van der Waals surface area contributed by atoms with E-state index in [1.54, 1.807) is 35.4 Å². The Balaban J connectivity index is 1.50. The predicted octanol–water partition coefficient (Wildman–Crippen LogP) is 4.69. The summed E-state index contributed by atoms with van der Waals surface area (Å²) in [6.45, 7) is 5.86. The third-order valence-corrected chi connectivity index (χ3v) is 6.19. The first-order valence-corrected chi connectivity index (χ1v) is 11.5. The van der Waals surface area contributed by atoms with Crippen LogP contribution in [-0.2, 0) is 0 Å². The van der Waals surface area contributed by atoms with Gasteiger partial charge < -0.3 is 14.8 Å². The van der Waals surface area contributed by atoms with Crippen molar-refractivity contribution in [3.8, 4) is 11.5 Å². The molecule has 1 aliphatic carbocycles. The molecule has 0 saturated heterocycles. The summed E-state index contributed by atoms with van der Waals surface area (Å²) in [6.07, 6.45) is 8.96. The number of nitrogens with zero attached hydrogens (tertiary/aromatic N) is 3. The molecule has 4 rings (SSSR count). The molecule has 166 valence electrons. The van der Waals surface area contributed by atoms with Crippen molar-refractivity contribution < 1.29 is 14.3 Å². The fourth-order valence-electron chi connectivity index (χ4n) is 4.39. The second-order valence-electron chi connectivity index (χ2n) is 8.33. The lowest BCUT2D eigenvalue weighted by Gasteiger charge is -2.28. The molecule has 1 amide bonds. The molecule has 1 aromatic heterocycles. The second-order valence-corrected chi connectivity index (χ2v) is 8.33. The summed E-state index contributed by atoms with van der Waals surface area (Å²) in [7, 11) is 0. The van der Waals surface area contributed by atoms with Gasteiger partial charge >= 0.3 is 0 Å². The average Bonchev–Trinajstić information content (AvgIpc) is 3.05.